The molecule has 0 saturated carbocycles. The number of H-pyrrole nitrogens is 1. The number of alkyl halides is 3. The van der Waals surface area contributed by atoms with Gasteiger partial charge in [0.25, 0.3) is 5.91 Å². The molecular weight excluding hydrogens is 363 g/mol. The van der Waals surface area contributed by atoms with Crippen molar-refractivity contribution >= 4 is 17.2 Å². The van der Waals surface area contributed by atoms with Crippen LogP contribution in [0.4, 0.5) is 13.2 Å². The zero-order valence-electron chi connectivity index (χ0n) is 14.8. The molecule has 3 rings (SSSR count). The van der Waals surface area contributed by atoms with E-state index in [0.717, 1.165) is 32.4 Å². The van der Waals surface area contributed by atoms with Crippen LogP contribution in [-0.4, -0.2) is 34.1 Å². The minimum absolute atomic E-state index is 0.0439. The molecule has 1 unspecified atom stereocenters. The van der Waals surface area contributed by atoms with Crippen LogP contribution >= 0.6 is 11.3 Å². The predicted molar refractivity (Wildman–Crippen MR) is 95.4 cm³/mol. The Bertz CT molecular complexity index is 775. The Morgan fingerprint density at radius 2 is 2.00 bits per heavy atom. The van der Waals surface area contributed by atoms with Gasteiger partial charge >= 0.3 is 6.18 Å². The Balaban J connectivity index is 1.94. The molecule has 4 nitrogen and oxygen atoms in total. The fraction of sp³-hybridized carbons (Fsp3) is 0.556. The van der Waals surface area contributed by atoms with Crippen molar-refractivity contribution in [3.8, 4) is 10.6 Å². The summed E-state index contributed by atoms with van der Waals surface area (Å²) < 4.78 is 40.0. The van der Waals surface area contributed by atoms with Crippen LogP contribution in [0.5, 0.6) is 0 Å². The molecule has 0 aromatic carbocycles. The highest BCUT2D eigenvalue weighted by molar-refractivity contribution is 7.17. The molecule has 0 spiro atoms. The number of aromatic nitrogens is 2. The predicted octanol–water partition coefficient (Wildman–Crippen LogP) is 5.30. The van der Waals surface area contributed by atoms with E-state index in [9.17, 15) is 18.0 Å². The van der Waals surface area contributed by atoms with Gasteiger partial charge in [0.2, 0.25) is 0 Å². The molecule has 1 N–H and O–H groups in total. The summed E-state index contributed by atoms with van der Waals surface area (Å²) in [7, 11) is 0. The maximum atomic E-state index is 13.3. The second-order valence-electron chi connectivity index (χ2n) is 6.68. The maximum absolute atomic E-state index is 13.3. The van der Waals surface area contributed by atoms with Crippen LogP contribution in [0.3, 0.4) is 0 Å². The standard InChI is InChI=1S/C18H22F3N3OS/c1-3-11(2)14-15(22-23-16(14)18(19,20)21)12-7-8-13(26-12)17(25)24-9-5-4-6-10-24/h7-8,11H,3-6,9-10H2,1-2H3,(H,22,23). The highest BCUT2D eigenvalue weighted by Gasteiger charge is 2.39. The van der Waals surface area contributed by atoms with Crippen LogP contribution in [-0.2, 0) is 6.18 Å². The first-order valence-electron chi connectivity index (χ1n) is 8.87. The van der Waals surface area contributed by atoms with Gasteiger partial charge in [-0.25, -0.2) is 0 Å². The van der Waals surface area contributed by atoms with Gasteiger partial charge in [-0.05, 0) is 43.7 Å². The summed E-state index contributed by atoms with van der Waals surface area (Å²) in [6.07, 6.45) is -0.785. The van der Waals surface area contributed by atoms with E-state index in [1.807, 2.05) is 11.8 Å². The molecule has 0 bridgehead atoms. The van der Waals surface area contributed by atoms with E-state index in [-0.39, 0.29) is 17.4 Å². The number of amides is 1. The number of thiophene rings is 1. The molecule has 3 heterocycles. The normalized spacial score (nSPS) is 16.7. The van der Waals surface area contributed by atoms with Crippen molar-refractivity contribution in [1.82, 2.24) is 15.1 Å². The van der Waals surface area contributed by atoms with Crippen molar-refractivity contribution in [2.24, 2.45) is 0 Å². The van der Waals surface area contributed by atoms with Crippen molar-refractivity contribution in [3.05, 3.63) is 28.3 Å². The van der Waals surface area contributed by atoms with Crippen LogP contribution < -0.4 is 0 Å². The van der Waals surface area contributed by atoms with Gasteiger partial charge in [-0.3, -0.25) is 9.89 Å². The van der Waals surface area contributed by atoms with Gasteiger partial charge in [0.05, 0.1) is 9.75 Å². The number of halogens is 3. The van der Waals surface area contributed by atoms with Gasteiger partial charge in [-0.2, -0.15) is 18.3 Å². The van der Waals surface area contributed by atoms with Crippen molar-refractivity contribution in [2.75, 3.05) is 13.1 Å². The summed E-state index contributed by atoms with van der Waals surface area (Å²) in [5.41, 5.74) is -0.313. The monoisotopic (exact) mass is 385 g/mol. The molecule has 2 aromatic heterocycles. The molecule has 0 aliphatic carbocycles. The van der Waals surface area contributed by atoms with Crippen LogP contribution in [0.2, 0.25) is 0 Å². The fourth-order valence-electron chi connectivity index (χ4n) is 3.27. The minimum Gasteiger partial charge on any atom is -0.338 e. The number of carbonyl (C=O) groups excluding carboxylic acids is 1. The highest BCUT2D eigenvalue weighted by Crippen LogP contribution is 2.41. The van der Waals surface area contributed by atoms with Gasteiger partial charge in [-0.1, -0.05) is 13.8 Å². The van der Waals surface area contributed by atoms with Gasteiger partial charge in [0, 0.05) is 18.7 Å². The average molecular weight is 385 g/mol. The minimum atomic E-state index is -4.48. The topological polar surface area (TPSA) is 49.0 Å². The molecule has 1 amide bonds. The molecule has 1 fully saturated rings. The third-order valence-corrected chi connectivity index (χ3v) is 5.97. The molecule has 1 atom stereocenters. The van der Waals surface area contributed by atoms with Crippen molar-refractivity contribution in [3.63, 3.8) is 0 Å². The maximum Gasteiger partial charge on any atom is 0.433 e. The second kappa shape index (κ2) is 7.42. The zero-order valence-corrected chi connectivity index (χ0v) is 15.6. The van der Waals surface area contributed by atoms with Crippen molar-refractivity contribution in [2.45, 2.75) is 51.6 Å². The Morgan fingerprint density at radius 1 is 1.31 bits per heavy atom. The van der Waals surface area contributed by atoms with E-state index >= 15 is 0 Å². The number of rotatable bonds is 4. The number of piperidine rings is 1. The van der Waals surface area contributed by atoms with Gasteiger partial charge in [-0.15, -0.1) is 11.3 Å². The number of aromatic amines is 1. The first-order chi connectivity index (χ1) is 12.3. The molecule has 1 aliphatic heterocycles. The van der Waals surface area contributed by atoms with E-state index in [0.29, 0.717) is 21.9 Å². The Kier molecular flexibility index (Phi) is 5.41. The summed E-state index contributed by atoms with van der Waals surface area (Å²) in [5.74, 6) is -0.332. The number of nitrogens with one attached hydrogen (secondary N) is 1. The van der Waals surface area contributed by atoms with E-state index < -0.39 is 11.9 Å². The van der Waals surface area contributed by atoms with E-state index in [1.165, 1.54) is 11.3 Å². The van der Waals surface area contributed by atoms with E-state index in [2.05, 4.69) is 10.2 Å². The van der Waals surface area contributed by atoms with Crippen LogP contribution in [0.25, 0.3) is 10.6 Å². The van der Waals surface area contributed by atoms with Crippen LogP contribution in [0.15, 0.2) is 12.1 Å². The average Bonchev–Trinajstić information content (AvgIpc) is 3.27. The van der Waals surface area contributed by atoms with Gasteiger partial charge in [0.15, 0.2) is 0 Å². The summed E-state index contributed by atoms with van der Waals surface area (Å²) in [6, 6.07) is 3.39. The Hall–Kier alpha value is -1.83. The molecule has 142 valence electrons. The SMILES string of the molecule is CCC(C)c1c(-c2ccc(C(=O)N3CCCCC3)s2)n[nH]c1C(F)(F)F. The van der Waals surface area contributed by atoms with Gasteiger partial charge < -0.3 is 4.90 Å². The summed E-state index contributed by atoms with van der Waals surface area (Å²) in [4.78, 5) is 15.6. The fourth-order valence-corrected chi connectivity index (χ4v) is 4.25. The molecule has 0 radical (unpaired) electrons. The number of carbonyl (C=O) groups is 1. The second-order valence-corrected chi connectivity index (χ2v) is 7.77. The number of hydrogen-bond acceptors (Lipinski definition) is 3. The number of nitrogens with zero attached hydrogens (tertiary/aromatic N) is 2. The Morgan fingerprint density at radius 3 is 2.62 bits per heavy atom. The smallest absolute Gasteiger partial charge is 0.338 e. The Labute approximate surface area is 154 Å². The molecule has 1 saturated heterocycles. The number of likely N-dealkylation sites (tertiary alicyclic amines) is 1. The third kappa shape index (κ3) is 3.65. The van der Waals surface area contributed by atoms with E-state index in [4.69, 9.17) is 0 Å². The van der Waals surface area contributed by atoms with Crippen molar-refractivity contribution < 1.29 is 18.0 Å². The summed E-state index contributed by atoms with van der Waals surface area (Å²) in [5, 5.41) is 6.11. The lowest BCUT2D eigenvalue weighted by molar-refractivity contribution is -0.141. The molecular formula is C18H22F3N3OS. The lowest BCUT2D eigenvalue weighted by Gasteiger charge is -2.26. The first-order valence-corrected chi connectivity index (χ1v) is 9.69. The molecule has 26 heavy (non-hydrogen) atoms. The highest BCUT2D eigenvalue weighted by atomic mass is 32.1. The largest absolute Gasteiger partial charge is 0.433 e. The quantitative estimate of drug-likeness (QED) is 0.777. The molecule has 8 heteroatoms. The van der Waals surface area contributed by atoms with Gasteiger partial charge in [0.1, 0.15) is 11.4 Å². The lowest BCUT2D eigenvalue weighted by Crippen LogP contribution is -2.35. The summed E-state index contributed by atoms with van der Waals surface area (Å²) in [6.45, 7) is 5.09. The zero-order chi connectivity index (χ0) is 18.9. The molecule has 1 aliphatic rings. The third-order valence-electron chi connectivity index (χ3n) is 4.89. The number of hydrogen-bond donors (Lipinski definition) is 1. The van der Waals surface area contributed by atoms with Crippen LogP contribution in [0, 0.1) is 0 Å². The molecule has 2 aromatic rings. The first kappa shape index (κ1) is 18.9. The summed E-state index contributed by atoms with van der Waals surface area (Å²) >= 11 is 1.21. The van der Waals surface area contributed by atoms with Crippen LogP contribution in [0.1, 0.15) is 66.4 Å². The van der Waals surface area contributed by atoms with Crippen molar-refractivity contribution in [1.29, 1.82) is 0 Å². The van der Waals surface area contributed by atoms with E-state index in [1.54, 1.807) is 19.1 Å². The lowest BCUT2D eigenvalue weighted by atomic mass is 9.95.